The number of nitrogens with one attached hydrogen (secondary N) is 2. The Morgan fingerprint density at radius 1 is 1.07 bits per heavy atom. The number of aromatic nitrogens is 1. The van der Waals surface area contributed by atoms with E-state index in [9.17, 15) is 19.5 Å². The van der Waals surface area contributed by atoms with Crippen molar-refractivity contribution in [3.63, 3.8) is 0 Å². The van der Waals surface area contributed by atoms with Crippen LogP contribution in [0.25, 0.3) is 0 Å². The summed E-state index contributed by atoms with van der Waals surface area (Å²) < 4.78 is 10.4. The molecular formula is C20H22N2O6. The number of anilines is 1. The molecule has 0 saturated heterocycles. The number of hydrogen-bond donors (Lipinski definition) is 3. The molecule has 8 heteroatoms. The molecule has 0 atom stereocenters. The molecule has 0 fully saturated rings. The van der Waals surface area contributed by atoms with Crippen LogP contribution >= 0.6 is 0 Å². The number of rotatable bonds is 5. The van der Waals surface area contributed by atoms with Crippen molar-refractivity contribution >= 4 is 17.6 Å². The molecule has 3 rings (SSSR count). The fraction of sp³-hybridized carbons (Fsp3) is 0.350. The van der Waals surface area contributed by atoms with Crippen molar-refractivity contribution < 1.29 is 24.2 Å². The van der Waals surface area contributed by atoms with Gasteiger partial charge in [-0.15, -0.1) is 0 Å². The highest BCUT2D eigenvalue weighted by Gasteiger charge is 2.21. The Morgan fingerprint density at radius 3 is 2.50 bits per heavy atom. The number of carboxylic acids is 1. The topological polar surface area (TPSA) is 118 Å². The van der Waals surface area contributed by atoms with E-state index in [1.165, 1.54) is 26.4 Å². The fourth-order valence-electron chi connectivity index (χ4n) is 3.39. The lowest BCUT2D eigenvalue weighted by Gasteiger charge is -2.15. The van der Waals surface area contributed by atoms with E-state index < -0.39 is 17.4 Å². The van der Waals surface area contributed by atoms with E-state index in [1.54, 1.807) is 6.07 Å². The number of H-pyrrole nitrogens is 1. The Bertz CT molecular complexity index is 979. The summed E-state index contributed by atoms with van der Waals surface area (Å²) >= 11 is 0. The number of carbonyl (C=O) groups excluding carboxylic acids is 1. The number of aromatic carboxylic acids is 1. The summed E-state index contributed by atoms with van der Waals surface area (Å²) in [6, 6.07) is 4.19. The number of amides is 1. The smallest absolute Gasteiger partial charge is 0.335 e. The third-order valence-corrected chi connectivity index (χ3v) is 4.81. The lowest BCUT2D eigenvalue weighted by Crippen LogP contribution is -2.25. The largest absolute Gasteiger partial charge is 0.493 e. The summed E-state index contributed by atoms with van der Waals surface area (Å²) in [5.41, 5.74) is 1.38. The third kappa shape index (κ3) is 3.85. The van der Waals surface area contributed by atoms with Gasteiger partial charge in [-0.2, -0.15) is 0 Å². The summed E-state index contributed by atoms with van der Waals surface area (Å²) in [5.74, 6) is -1.49. The number of aromatic amines is 1. The minimum atomic E-state index is -1.18. The first-order valence-electron chi connectivity index (χ1n) is 9.00. The highest BCUT2D eigenvalue weighted by molar-refractivity contribution is 6.06. The van der Waals surface area contributed by atoms with Crippen LogP contribution in [0.4, 0.5) is 5.69 Å². The number of carbonyl (C=O) groups is 2. The second-order valence-corrected chi connectivity index (χ2v) is 6.60. The number of carboxylic acid groups (broad SMARTS) is 1. The lowest BCUT2D eigenvalue weighted by atomic mass is 10.1. The van der Waals surface area contributed by atoms with Gasteiger partial charge in [0.05, 0.1) is 25.5 Å². The Labute approximate surface area is 161 Å². The van der Waals surface area contributed by atoms with E-state index >= 15 is 0 Å². The lowest BCUT2D eigenvalue weighted by molar-refractivity contribution is 0.0696. The van der Waals surface area contributed by atoms with Gasteiger partial charge in [-0.1, -0.05) is 6.42 Å². The van der Waals surface area contributed by atoms with Crippen LogP contribution in [0.15, 0.2) is 23.0 Å². The number of methoxy groups -OCH3 is 2. The molecule has 0 unspecified atom stereocenters. The molecule has 2 aromatic rings. The molecule has 1 aliphatic rings. The number of aryl methyl sites for hydroxylation is 2. The van der Waals surface area contributed by atoms with Crippen molar-refractivity contribution in [3.05, 3.63) is 50.9 Å². The van der Waals surface area contributed by atoms with Crippen LogP contribution in [0.3, 0.4) is 0 Å². The molecule has 0 bridgehead atoms. The van der Waals surface area contributed by atoms with Crippen molar-refractivity contribution in [3.8, 4) is 11.5 Å². The van der Waals surface area contributed by atoms with E-state index in [2.05, 4.69) is 10.3 Å². The normalized spacial score (nSPS) is 13.2. The highest BCUT2D eigenvalue weighted by Crippen LogP contribution is 2.37. The van der Waals surface area contributed by atoms with Gasteiger partial charge in [0, 0.05) is 5.69 Å². The maximum Gasteiger partial charge on any atom is 0.335 e. The maximum absolute atomic E-state index is 12.8. The fourth-order valence-corrected chi connectivity index (χ4v) is 3.39. The van der Waals surface area contributed by atoms with E-state index in [0.29, 0.717) is 0 Å². The molecule has 0 saturated carbocycles. The van der Waals surface area contributed by atoms with Gasteiger partial charge in [-0.05, 0) is 49.4 Å². The zero-order valence-electron chi connectivity index (χ0n) is 15.8. The summed E-state index contributed by atoms with van der Waals surface area (Å²) in [7, 11) is 2.75. The Balaban J connectivity index is 1.99. The average molecular weight is 386 g/mol. The van der Waals surface area contributed by atoms with Crippen molar-refractivity contribution in [1.82, 2.24) is 4.98 Å². The van der Waals surface area contributed by atoms with Gasteiger partial charge in [-0.3, -0.25) is 9.59 Å². The van der Waals surface area contributed by atoms with Gasteiger partial charge >= 0.3 is 5.97 Å². The zero-order valence-corrected chi connectivity index (χ0v) is 15.8. The number of pyridine rings is 1. The summed E-state index contributed by atoms with van der Waals surface area (Å²) in [6.07, 6.45) is 4.69. The van der Waals surface area contributed by atoms with Crippen molar-refractivity contribution in [2.75, 3.05) is 19.5 Å². The molecule has 0 aliphatic heterocycles. The predicted molar refractivity (Wildman–Crippen MR) is 103 cm³/mol. The Morgan fingerprint density at radius 2 is 1.82 bits per heavy atom. The van der Waals surface area contributed by atoms with Gasteiger partial charge in [-0.25, -0.2) is 4.79 Å². The molecule has 1 aromatic heterocycles. The Kier molecular flexibility index (Phi) is 5.67. The minimum Gasteiger partial charge on any atom is -0.493 e. The SMILES string of the molecule is COc1cc(C(=O)O)cc(NC(=O)c2cc3c([nH]c2=O)CCCCC3)c1OC. The monoisotopic (exact) mass is 386 g/mol. The van der Waals surface area contributed by atoms with Crippen LogP contribution in [0.2, 0.25) is 0 Å². The van der Waals surface area contributed by atoms with E-state index in [-0.39, 0.29) is 28.3 Å². The number of ether oxygens (including phenoxy) is 2. The predicted octanol–water partition coefficient (Wildman–Crippen LogP) is 2.61. The molecule has 3 N–H and O–H groups in total. The van der Waals surface area contributed by atoms with Crippen LogP contribution in [-0.4, -0.2) is 36.2 Å². The molecule has 0 spiro atoms. The third-order valence-electron chi connectivity index (χ3n) is 4.81. The maximum atomic E-state index is 12.8. The number of hydrogen-bond acceptors (Lipinski definition) is 5. The van der Waals surface area contributed by atoms with Crippen molar-refractivity contribution in [1.29, 1.82) is 0 Å². The van der Waals surface area contributed by atoms with Gasteiger partial charge in [0.1, 0.15) is 5.56 Å². The molecule has 1 heterocycles. The van der Waals surface area contributed by atoms with Gasteiger partial charge in [0.25, 0.3) is 11.5 Å². The van der Waals surface area contributed by atoms with Crippen LogP contribution in [0.1, 0.15) is 51.2 Å². The molecule has 1 amide bonds. The van der Waals surface area contributed by atoms with E-state index in [4.69, 9.17) is 9.47 Å². The summed E-state index contributed by atoms with van der Waals surface area (Å²) in [6.45, 7) is 0. The van der Waals surface area contributed by atoms with Crippen LogP contribution in [0, 0.1) is 0 Å². The van der Waals surface area contributed by atoms with E-state index in [1.807, 2.05) is 0 Å². The van der Waals surface area contributed by atoms with Gasteiger partial charge in [0.2, 0.25) is 0 Å². The Hall–Kier alpha value is -3.29. The molecule has 1 aromatic carbocycles. The summed E-state index contributed by atoms with van der Waals surface area (Å²) in [5, 5.41) is 11.9. The molecule has 148 valence electrons. The van der Waals surface area contributed by atoms with Gasteiger partial charge < -0.3 is 24.9 Å². The molecule has 8 nitrogen and oxygen atoms in total. The number of benzene rings is 1. The zero-order chi connectivity index (χ0) is 20.3. The molecule has 28 heavy (non-hydrogen) atoms. The van der Waals surface area contributed by atoms with Crippen molar-refractivity contribution in [2.24, 2.45) is 0 Å². The first kappa shape index (κ1) is 19.5. The molecule has 1 aliphatic carbocycles. The van der Waals surface area contributed by atoms with Crippen LogP contribution < -0.4 is 20.3 Å². The highest BCUT2D eigenvalue weighted by atomic mass is 16.5. The molecule has 0 radical (unpaired) electrons. The van der Waals surface area contributed by atoms with Crippen LogP contribution in [0.5, 0.6) is 11.5 Å². The first-order valence-corrected chi connectivity index (χ1v) is 9.00. The quantitative estimate of drug-likeness (QED) is 0.680. The first-order chi connectivity index (χ1) is 13.4. The van der Waals surface area contributed by atoms with Gasteiger partial charge in [0.15, 0.2) is 11.5 Å². The van der Waals surface area contributed by atoms with Crippen molar-refractivity contribution in [2.45, 2.75) is 32.1 Å². The number of fused-ring (bicyclic) bond motifs is 1. The average Bonchev–Trinajstić information content (AvgIpc) is 2.91. The summed E-state index contributed by atoms with van der Waals surface area (Å²) in [4.78, 5) is 39.4. The second-order valence-electron chi connectivity index (χ2n) is 6.60. The minimum absolute atomic E-state index is 0.0256. The second kappa shape index (κ2) is 8.16. The standard InChI is InChI=1S/C20H22N2O6/c1-27-16-10-12(20(25)26)9-15(17(16)28-2)22-19(24)13-8-11-6-4-3-5-7-14(11)21-18(13)23/h8-10H,3-7H2,1-2H3,(H,21,23)(H,22,24)(H,25,26). The van der Waals surface area contributed by atoms with E-state index in [0.717, 1.165) is 43.4 Å². The molecular weight excluding hydrogens is 364 g/mol. The van der Waals surface area contributed by atoms with Crippen LogP contribution in [-0.2, 0) is 12.8 Å².